The van der Waals surface area contributed by atoms with Gasteiger partial charge in [0.25, 0.3) is 0 Å². The van der Waals surface area contributed by atoms with Crippen LogP contribution in [-0.4, -0.2) is 0 Å². The number of nitrogens with zero attached hydrogens (tertiary/aromatic N) is 1. The number of benzene rings is 9. The van der Waals surface area contributed by atoms with Gasteiger partial charge in [-0.15, -0.1) is 0 Å². The van der Waals surface area contributed by atoms with Crippen molar-refractivity contribution in [1.29, 1.82) is 0 Å². The van der Waals surface area contributed by atoms with Gasteiger partial charge in [-0.05, 0) is 127 Å². The molecule has 2 nitrogen and oxygen atoms in total. The molecule has 2 aliphatic carbocycles. The molecule has 292 valence electrons. The van der Waals surface area contributed by atoms with Crippen molar-refractivity contribution in [3.63, 3.8) is 0 Å². The lowest BCUT2D eigenvalue weighted by molar-refractivity contribution is 0.489. The predicted octanol–water partition coefficient (Wildman–Crippen LogP) is 16.3. The minimum atomic E-state index is -0.495. The molecule has 0 fully saturated rings. The van der Waals surface area contributed by atoms with Gasteiger partial charge in [0, 0.05) is 22.5 Å². The Bertz CT molecular complexity index is 3330. The van der Waals surface area contributed by atoms with E-state index in [-0.39, 0.29) is 0 Å². The minimum Gasteiger partial charge on any atom is -0.454 e. The highest BCUT2D eigenvalue weighted by atomic mass is 16.5. The number of fused-ring (bicyclic) bond motifs is 15. The van der Waals surface area contributed by atoms with Crippen molar-refractivity contribution in [3.8, 4) is 56.0 Å². The van der Waals surface area contributed by atoms with Gasteiger partial charge in [0.1, 0.15) is 5.75 Å². The molecule has 12 rings (SSSR count). The van der Waals surface area contributed by atoms with E-state index in [1.165, 1.54) is 44.2 Å². The largest absolute Gasteiger partial charge is 0.454 e. The molecule has 3 aliphatic rings. The molecule has 1 unspecified atom stereocenters. The van der Waals surface area contributed by atoms with E-state index < -0.39 is 5.41 Å². The van der Waals surface area contributed by atoms with Crippen molar-refractivity contribution in [1.82, 2.24) is 0 Å². The molecule has 1 atom stereocenters. The highest BCUT2D eigenvalue weighted by molar-refractivity contribution is 5.99. The summed E-state index contributed by atoms with van der Waals surface area (Å²) in [6.07, 6.45) is 9.61. The second kappa shape index (κ2) is 14.4. The normalized spacial score (nSPS) is 16.5. The standard InChI is InChI=1S/C60H41NO/c1-40-19-4-3-17-36-60(54-31-15-13-28-49(54)52-37-41-20-7-8-21-42(41)38-56(52)60)55-35-34-44(39-53(55)46-25-10-9-24-45(40)46)61(43-22-5-2-6-23-43)57-32-18-30-51-48-27-12-11-26-47(48)50-29-14-16-33-58(50)62-59(51)57/h2-35,37-39H,1,36H2/b17-3-,19-4-. The third-order valence-corrected chi connectivity index (χ3v) is 13.1. The summed E-state index contributed by atoms with van der Waals surface area (Å²) in [5, 5.41) is 2.49. The van der Waals surface area contributed by atoms with Crippen molar-refractivity contribution in [3.05, 3.63) is 253 Å². The Labute approximate surface area is 362 Å². The van der Waals surface area contributed by atoms with Crippen LogP contribution in [0.4, 0.5) is 17.1 Å². The summed E-state index contributed by atoms with van der Waals surface area (Å²) in [6, 6.07) is 72.9. The molecular formula is C60H41NO. The summed E-state index contributed by atoms with van der Waals surface area (Å²) in [7, 11) is 0. The number of anilines is 3. The number of para-hydroxylation sites is 3. The molecule has 62 heavy (non-hydrogen) atoms. The van der Waals surface area contributed by atoms with Crippen LogP contribution in [0.3, 0.4) is 0 Å². The fourth-order valence-corrected chi connectivity index (χ4v) is 10.4. The van der Waals surface area contributed by atoms with E-state index in [1.807, 2.05) is 0 Å². The maximum absolute atomic E-state index is 7.12. The molecule has 9 aromatic carbocycles. The van der Waals surface area contributed by atoms with E-state index in [0.717, 1.165) is 73.9 Å². The van der Waals surface area contributed by atoms with E-state index in [1.54, 1.807) is 0 Å². The quantitative estimate of drug-likeness (QED) is 0.177. The van der Waals surface area contributed by atoms with Gasteiger partial charge in [-0.3, -0.25) is 0 Å². The summed E-state index contributed by atoms with van der Waals surface area (Å²) in [5.41, 5.74) is 17.8. The zero-order valence-corrected chi connectivity index (χ0v) is 34.1. The predicted molar refractivity (Wildman–Crippen MR) is 259 cm³/mol. The van der Waals surface area contributed by atoms with E-state index in [2.05, 4.69) is 236 Å². The van der Waals surface area contributed by atoms with Crippen molar-refractivity contribution >= 4 is 33.4 Å². The summed E-state index contributed by atoms with van der Waals surface area (Å²) < 4.78 is 7.12. The smallest absolute Gasteiger partial charge is 0.159 e. The zero-order chi connectivity index (χ0) is 41.2. The van der Waals surface area contributed by atoms with Crippen LogP contribution in [0.15, 0.2) is 231 Å². The first-order valence-electron chi connectivity index (χ1n) is 21.4. The lowest BCUT2D eigenvalue weighted by Crippen LogP contribution is -2.27. The molecular weight excluding hydrogens is 751 g/mol. The average molecular weight is 792 g/mol. The number of hydrogen-bond donors (Lipinski definition) is 0. The number of hydrogen-bond acceptors (Lipinski definition) is 2. The van der Waals surface area contributed by atoms with Crippen LogP contribution in [0.1, 0.15) is 28.7 Å². The van der Waals surface area contributed by atoms with Crippen LogP contribution in [0.2, 0.25) is 0 Å². The fourth-order valence-electron chi connectivity index (χ4n) is 10.4. The molecule has 0 bridgehead atoms. The van der Waals surface area contributed by atoms with Crippen LogP contribution < -0.4 is 9.64 Å². The molecule has 0 saturated carbocycles. The summed E-state index contributed by atoms with van der Waals surface area (Å²) in [5.74, 6) is 1.65. The van der Waals surface area contributed by atoms with Crippen LogP contribution in [0, 0.1) is 0 Å². The SMILES string of the molecule is C=C1/C=C\C=C/CC2(c3ccc(N(c4ccccc4)c4cccc5c4Oc4ccccc4-c4ccccc4-5)cc3-c3ccccc31)c1ccccc1-c1cc3ccccc3cc12. The second-order valence-electron chi connectivity index (χ2n) is 16.5. The third-order valence-electron chi connectivity index (χ3n) is 13.1. The highest BCUT2D eigenvalue weighted by Crippen LogP contribution is 2.59. The molecule has 0 N–H and O–H groups in total. The number of rotatable bonds is 3. The Kier molecular flexibility index (Phi) is 8.33. The van der Waals surface area contributed by atoms with E-state index in [9.17, 15) is 0 Å². The Hall–Kier alpha value is -7.94. The molecule has 0 radical (unpaired) electrons. The summed E-state index contributed by atoms with van der Waals surface area (Å²) >= 11 is 0. The Morgan fingerprint density at radius 1 is 0.419 bits per heavy atom. The minimum absolute atomic E-state index is 0.495. The van der Waals surface area contributed by atoms with Crippen LogP contribution in [0.5, 0.6) is 11.5 Å². The van der Waals surface area contributed by atoms with Crippen LogP contribution in [0.25, 0.3) is 60.9 Å². The van der Waals surface area contributed by atoms with Crippen molar-refractivity contribution in [2.24, 2.45) is 0 Å². The lowest BCUT2D eigenvalue weighted by Gasteiger charge is -2.36. The zero-order valence-electron chi connectivity index (χ0n) is 34.1. The first-order valence-corrected chi connectivity index (χ1v) is 21.4. The molecule has 1 aliphatic heterocycles. The summed E-state index contributed by atoms with van der Waals surface area (Å²) in [6.45, 7) is 4.63. The van der Waals surface area contributed by atoms with Gasteiger partial charge in [-0.25, -0.2) is 0 Å². The first-order chi connectivity index (χ1) is 30.7. The fraction of sp³-hybridized carbons (Fsp3) is 0.0333. The maximum atomic E-state index is 7.12. The van der Waals surface area contributed by atoms with Crippen LogP contribution in [-0.2, 0) is 5.41 Å². The van der Waals surface area contributed by atoms with Crippen LogP contribution >= 0.6 is 0 Å². The maximum Gasteiger partial charge on any atom is 0.159 e. The highest BCUT2D eigenvalue weighted by Gasteiger charge is 2.45. The Morgan fingerprint density at radius 3 is 1.82 bits per heavy atom. The Morgan fingerprint density at radius 2 is 1.02 bits per heavy atom. The molecule has 0 aromatic heterocycles. The van der Waals surface area contributed by atoms with Gasteiger partial charge in [0.15, 0.2) is 5.75 Å². The monoisotopic (exact) mass is 791 g/mol. The van der Waals surface area contributed by atoms with E-state index >= 15 is 0 Å². The second-order valence-corrected chi connectivity index (χ2v) is 16.5. The van der Waals surface area contributed by atoms with Gasteiger partial charge < -0.3 is 9.64 Å². The van der Waals surface area contributed by atoms with E-state index in [4.69, 9.17) is 4.74 Å². The van der Waals surface area contributed by atoms with Gasteiger partial charge in [0.05, 0.1) is 11.1 Å². The summed E-state index contributed by atoms with van der Waals surface area (Å²) in [4.78, 5) is 2.37. The number of allylic oxidation sites excluding steroid dienone is 5. The first kappa shape index (κ1) is 36.0. The molecule has 0 amide bonds. The molecule has 9 aromatic rings. The van der Waals surface area contributed by atoms with Crippen molar-refractivity contribution < 1.29 is 4.74 Å². The topological polar surface area (TPSA) is 12.5 Å². The van der Waals surface area contributed by atoms with Gasteiger partial charge in [-0.1, -0.05) is 183 Å². The molecule has 0 saturated heterocycles. The van der Waals surface area contributed by atoms with Gasteiger partial charge in [-0.2, -0.15) is 0 Å². The molecule has 2 heteroatoms. The molecule has 1 heterocycles. The third kappa shape index (κ3) is 5.50. The lowest BCUT2D eigenvalue weighted by atomic mass is 9.67. The van der Waals surface area contributed by atoms with Crippen molar-refractivity contribution in [2.45, 2.75) is 11.8 Å². The number of ether oxygens (including phenoxy) is 1. The van der Waals surface area contributed by atoms with Crippen molar-refractivity contribution in [2.75, 3.05) is 4.90 Å². The molecule has 1 spiro atoms. The van der Waals surface area contributed by atoms with E-state index in [0.29, 0.717) is 0 Å². The van der Waals surface area contributed by atoms with Gasteiger partial charge >= 0.3 is 0 Å². The Balaban J connectivity index is 1.17. The average Bonchev–Trinajstić information content (AvgIpc) is 3.49. The van der Waals surface area contributed by atoms with Gasteiger partial charge in [0.2, 0.25) is 0 Å².